The highest BCUT2D eigenvalue weighted by atomic mass is 28.4. The van der Waals surface area contributed by atoms with E-state index < -0.39 is 13.9 Å². The van der Waals surface area contributed by atoms with Crippen LogP contribution < -0.4 is 0 Å². The van der Waals surface area contributed by atoms with E-state index in [0.29, 0.717) is 6.61 Å². The molecule has 0 unspecified atom stereocenters. The van der Waals surface area contributed by atoms with Crippen LogP contribution in [0, 0.1) is 0 Å². The fourth-order valence-corrected chi connectivity index (χ4v) is 3.36. The minimum Gasteiger partial charge on any atom is -0.443 e. The van der Waals surface area contributed by atoms with Crippen LogP contribution in [-0.2, 0) is 15.8 Å². The maximum atomic E-state index is 13.0. The molecule has 2 rings (SSSR count). The summed E-state index contributed by atoms with van der Waals surface area (Å²) in [5.74, 6) is 0. The summed E-state index contributed by atoms with van der Waals surface area (Å²) < 4.78 is 13.7. The van der Waals surface area contributed by atoms with Crippen LogP contribution in [0.4, 0.5) is 4.79 Å². The van der Waals surface area contributed by atoms with Crippen molar-refractivity contribution < 1.29 is 14.0 Å². The third-order valence-corrected chi connectivity index (χ3v) is 9.47. The van der Waals surface area contributed by atoms with Crippen LogP contribution in [0.1, 0.15) is 47.2 Å². The highest BCUT2D eigenvalue weighted by Gasteiger charge is 2.37. The number of rotatable bonds is 4. The molecule has 1 aromatic heterocycles. The van der Waals surface area contributed by atoms with Crippen molar-refractivity contribution in [2.45, 2.75) is 71.9 Å². The molecule has 2 aromatic rings. The number of benzene rings is 1. The van der Waals surface area contributed by atoms with E-state index in [4.69, 9.17) is 9.16 Å². The van der Waals surface area contributed by atoms with E-state index in [1.54, 1.807) is 4.57 Å². The second-order valence-corrected chi connectivity index (χ2v) is 14.2. The molecule has 0 aliphatic heterocycles. The molecule has 0 N–H and O–H groups in total. The van der Waals surface area contributed by atoms with Gasteiger partial charge < -0.3 is 9.16 Å². The van der Waals surface area contributed by atoms with Crippen molar-refractivity contribution in [2.24, 2.45) is 0 Å². The number of hydrogen-bond acceptors (Lipinski definition) is 3. The van der Waals surface area contributed by atoms with Gasteiger partial charge in [-0.2, -0.15) is 0 Å². The Morgan fingerprint density at radius 1 is 0.963 bits per heavy atom. The first-order valence-electron chi connectivity index (χ1n) is 9.45. The fraction of sp³-hybridized carbons (Fsp3) is 0.500. The molecule has 5 heteroatoms. The van der Waals surface area contributed by atoms with Crippen LogP contribution >= 0.6 is 0 Å². The number of aromatic nitrogens is 1. The standard InChI is InChI=1S/C22H33NO3Si/c1-21(2,3)26-20(24)23-18(16-25-27(7,8)22(4,5)6)14-15-19(23)17-12-10-9-11-13-17/h9-15H,16H2,1-8H3. The van der Waals surface area contributed by atoms with Crippen molar-refractivity contribution in [1.82, 2.24) is 4.57 Å². The molecular weight excluding hydrogens is 354 g/mol. The van der Waals surface area contributed by atoms with Crippen LogP contribution in [0.25, 0.3) is 11.3 Å². The van der Waals surface area contributed by atoms with Gasteiger partial charge in [0.1, 0.15) is 5.60 Å². The van der Waals surface area contributed by atoms with E-state index in [2.05, 4.69) is 33.9 Å². The molecule has 0 atom stereocenters. The lowest BCUT2D eigenvalue weighted by Crippen LogP contribution is -2.40. The molecule has 1 aromatic carbocycles. The molecule has 0 radical (unpaired) electrons. The van der Waals surface area contributed by atoms with Crippen LogP contribution in [0.15, 0.2) is 42.5 Å². The molecule has 0 saturated heterocycles. The van der Waals surface area contributed by atoms with Gasteiger partial charge in [-0.1, -0.05) is 51.1 Å². The first-order chi connectivity index (χ1) is 12.3. The van der Waals surface area contributed by atoms with E-state index in [1.807, 2.05) is 63.2 Å². The minimum atomic E-state index is -1.93. The molecule has 4 nitrogen and oxygen atoms in total. The van der Waals surface area contributed by atoms with Gasteiger partial charge in [0.15, 0.2) is 8.32 Å². The lowest BCUT2D eigenvalue weighted by molar-refractivity contribution is 0.0529. The van der Waals surface area contributed by atoms with Crippen molar-refractivity contribution in [3.63, 3.8) is 0 Å². The predicted molar refractivity (Wildman–Crippen MR) is 113 cm³/mol. The van der Waals surface area contributed by atoms with E-state index in [1.165, 1.54) is 0 Å². The maximum absolute atomic E-state index is 13.0. The van der Waals surface area contributed by atoms with E-state index in [9.17, 15) is 4.79 Å². The first kappa shape index (κ1) is 21.4. The molecule has 0 bridgehead atoms. The summed E-state index contributed by atoms with van der Waals surface area (Å²) in [4.78, 5) is 13.0. The van der Waals surface area contributed by atoms with Crippen LogP contribution in [0.5, 0.6) is 0 Å². The first-order valence-corrected chi connectivity index (χ1v) is 12.4. The molecule has 0 saturated carbocycles. The predicted octanol–water partition coefficient (Wildman–Crippen LogP) is 6.46. The smallest absolute Gasteiger partial charge is 0.419 e. The molecule has 0 amide bonds. The zero-order valence-electron chi connectivity index (χ0n) is 17.9. The summed E-state index contributed by atoms with van der Waals surface area (Å²) in [6.07, 6.45) is -0.375. The number of carbonyl (C=O) groups is 1. The van der Waals surface area contributed by atoms with Gasteiger partial charge >= 0.3 is 6.09 Å². The zero-order chi connectivity index (χ0) is 20.5. The molecule has 0 aliphatic carbocycles. The summed E-state index contributed by atoms with van der Waals surface area (Å²) >= 11 is 0. The third-order valence-electron chi connectivity index (χ3n) is 4.99. The second-order valence-electron chi connectivity index (χ2n) is 9.44. The zero-order valence-corrected chi connectivity index (χ0v) is 18.9. The van der Waals surface area contributed by atoms with Crippen LogP contribution in [-0.4, -0.2) is 24.6 Å². The molecule has 27 heavy (non-hydrogen) atoms. The normalized spacial score (nSPS) is 12.9. The number of hydrogen-bond donors (Lipinski definition) is 0. The van der Waals surface area contributed by atoms with Crippen molar-refractivity contribution in [1.29, 1.82) is 0 Å². The molecule has 0 spiro atoms. The Kier molecular flexibility index (Phi) is 6.07. The third kappa shape index (κ3) is 5.33. The highest BCUT2D eigenvalue weighted by Crippen LogP contribution is 2.37. The van der Waals surface area contributed by atoms with Crippen LogP contribution in [0.2, 0.25) is 18.1 Å². The largest absolute Gasteiger partial charge is 0.443 e. The van der Waals surface area contributed by atoms with Gasteiger partial charge in [0, 0.05) is 0 Å². The molecule has 1 heterocycles. The Bertz CT molecular complexity index is 780. The summed E-state index contributed by atoms with van der Waals surface area (Å²) in [6, 6.07) is 13.8. The van der Waals surface area contributed by atoms with E-state index >= 15 is 0 Å². The monoisotopic (exact) mass is 387 g/mol. The number of carbonyl (C=O) groups excluding carboxylic acids is 1. The minimum absolute atomic E-state index is 0.110. The van der Waals surface area contributed by atoms with Gasteiger partial charge in [-0.25, -0.2) is 9.36 Å². The van der Waals surface area contributed by atoms with E-state index in [0.717, 1.165) is 17.0 Å². The Morgan fingerprint density at radius 3 is 2.07 bits per heavy atom. The summed E-state index contributed by atoms with van der Waals surface area (Å²) in [7, 11) is -1.93. The highest BCUT2D eigenvalue weighted by molar-refractivity contribution is 6.74. The molecule has 0 aliphatic rings. The van der Waals surface area contributed by atoms with Gasteiger partial charge in [0.25, 0.3) is 0 Å². The topological polar surface area (TPSA) is 40.5 Å². The number of ether oxygens (including phenoxy) is 1. The quantitative estimate of drug-likeness (QED) is 0.565. The summed E-state index contributed by atoms with van der Waals surface area (Å²) in [5.41, 5.74) is 2.04. The van der Waals surface area contributed by atoms with Gasteiger partial charge in [-0.3, -0.25) is 0 Å². The SMILES string of the molecule is CC(C)(C)OC(=O)n1c(CO[Si](C)(C)C(C)(C)C)ccc1-c1ccccc1. The number of nitrogens with zero attached hydrogens (tertiary/aromatic N) is 1. The average Bonchev–Trinajstić information content (AvgIpc) is 2.95. The average molecular weight is 388 g/mol. The summed E-state index contributed by atoms with van der Waals surface area (Å²) in [5, 5.41) is 0.110. The molecule has 0 fully saturated rings. The maximum Gasteiger partial charge on any atom is 0.419 e. The molecular formula is C22H33NO3Si. The van der Waals surface area contributed by atoms with E-state index in [-0.39, 0.29) is 11.1 Å². The Balaban J connectivity index is 2.40. The van der Waals surface area contributed by atoms with Crippen molar-refractivity contribution in [2.75, 3.05) is 0 Å². The van der Waals surface area contributed by atoms with Gasteiger partial charge in [0.2, 0.25) is 0 Å². The van der Waals surface area contributed by atoms with Gasteiger partial charge in [-0.05, 0) is 56.6 Å². The van der Waals surface area contributed by atoms with Crippen LogP contribution in [0.3, 0.4) is 0 Å². The van der Waals surface area contributed by atoms with Crippen molar-refractivity contribution >= 4 is 14.4 Å². The van der Waals surface area contributed by atoms with Gasteiger partial charge in [-0.15, -0.1) is 0 Å². The Labute approximate surface area is 164 Å². The van der Waals surface area contributed by atoms with Gasteiger partial charge in [0.05, 0.1) is 18.0 Å². The second kappa shape index (κ2) is 7.64. The summed E-state index contributed by atoms with van der Waals surface area (Å²) in [6.45, 7) is 17.1. The fourth-order valence-electron chi connectivity index (χ4n) is 2.42. The van der Waals surface area contributed by atoms with Crippen molar-refractivity contribution in [3.05, 3.63) is 48.2 Å². The Morgan fingerprint density at radius 2 is 1.56 bits per heavy atom. The lowest BCUT2D eigenvalue weighted by Gasteiger charge is -2.36. The lowest BCUT2D eigenvalue weighted by atomic mass is 10.1. The van der Waals surface area contributed by atoms with Crippen molar-refractivity contribution in [3.8, 4) is 11.3 Å². The molecule has 148 valence electrons. The Hall–Kier alpha value is -1.85.